The van der Waals surface area contributed by atoms with E-state index in [1.54, 1.807) is 6.07 Å². The average molecular weight is 413 g/mol. The number of aromatic nitrogens is 1. The van der Waals surface area contributed by atoms with Gasteiger partial charge in [0.05, 0.1) is 15.8 Å². The summed E-state index contributed by atoms with van der Waals surface area (Å²) in [5, 5.41) is 4.42. The van der Waals surface area contributed by atoms with Crippen LogP contribution in [0, 0.1) is 3.57 Å². The van der Waals surface area contributed by atoms with Gasteiger partial charge in [0.15, 0.2) is 0 Å². The van der Waals surface area contributed by atoms with Gasteiger partial charge in [0.25, 0.3) is 0 Å². The number of hydrogen-bond donors (Lipinski definition) is 1. The Bertz CT molecular complexity index is 664. The van der Waals surface area contributed by atoms with Crippen LogP contribution in [0.5, 0.6) is 0 Å². The fraction of sp³-hybridized carbons (Fsp3) is 0.333. The van der Waals surface area contributed by atoms with Crippen molar-refractivity contribution in [3.05, 3.63) is 21.3 Å². The van der Waals surface area contributed by atoms with Crippen LogP contribution in [0.1, 0.15) is 25.8 Å². The standard InChI is InChI=1S/C12H11F3IN3S/c1-3-6(2)18-19-11-17-10-8(12(13,14)15)4-7(16)5-9(10)20-11/h4-5H,3H2,1-2H3,(H,17,19)/b18-6+. The molecule has 0 fully saturated rings. The minimum absolute atomic E-state index is 0.0326. The third kappa shape index (κ3) is 3.40. The molecule has 0 bridgehead atoms. The number of thiazole rings is 1. The number of halogens is 4. The quantitative estimate of drug-likeness (QED) is 0.431. The van der Waals surface area contributed by atoms with Crippen molar-refractivity contribution in [2.45, 2.75) is 26.4 Å². The van der Waals surface area contributed by atoms with Crippen molar-refractivity contribution in [2.24, 2.45) is 5.10 Å². The van der Waals surface area contributed by atoms with E-state index in [1.165, 1.54) is 0 Å². The summed E-state index contributed by atoms with van der Waals surface area (Å²) in [6.45, 7) is 3.79. The topological polar surface area (TPSA) is 37.3 Å². The van der Waals surface area contributed by atoms with Crippen LogP contribution in [-0.4, -0.2) is 10.7 Å². The van der Waals surface area contributed by atoms with Crippen LogP contribution < -0.4 is 5.43 Å². The first-order chi connectivity index (χ1) is 9.31. The van der Waals surface area contributed by atoms with Crippen molar-refractivity contribution in [1.29, 1.82) is 0 Å². The van der Waals surface area contributed by atoms with Crippen molar-refractivity contribution in [1.82, 2.24) is 4.98 Å². The van der Waals surface area contributed by atoms with Gasteiger partial charge in [-0.15, -0.1) is 0 Å². The highest BCUT2D eigenvalue weighted by Crippen LogP contribution is 2.38. The van der Waals surface area contributed by atoms with Crippen molar-refractivity contribution >= 4 is 55.0 Å². The minimum atomic E-state index is -4.41. The highest BCUT2D eigenvalue weighted by Gasteiger charge is 2.34. The fourth-order valence-corrected chi connectivity index (χ4v) is 3.19. The fourth-order valence-electron chi connectivity index (χ4n) is 1.48. The molecule has 0 aliphatic heterocycles. The highest BCUT2D eigenvalue weighted by molar-refractivity contribution is 14.1. The van der Waals surface area contributed by atoms with Crippen LogP contribution >= 0.6 is 33.9 Å². The molecule has 0 atom stereocenters. The van der Waals surface area contributed by atoms with Gasteiger partial charge in [-0.2, -0.15) is 18.3 Å². The number of hydrogen-bond acceptors (Lipinski definition) is 4. The largest absolute Gasteiger partial charge is 0.418 e. The molecule has 0 saturated heterocycles. The first-order valence-corrected chi connectivity index (χ1v) is 7.67. The van der Waals surface area contributed by atoms with E-state index in [0.717, 1.165) is 29.5 Å². The molecule has 108 valence electrons. The van der Waals surface area contributed by atoms with E-state index in [0.29, 0.717) is 13.4 Å². The van der Waals surface area contributed by atoms with E-state index in [-0.39, 0.29) is 5.52 Å². The number of alkyl halides is 3. The summed E-state index contributed by atoms with van der Waals surface area (Å²) in [5.41, 5.74) is 2.82. The molecule has 2 aromatic rings. The van der Waals surface area contributed by atoms with Crippen molar-refractivity contribution in [2.75, 3.05) is 5.43 Å². The first-order valence-electron chi connectivity index (χ1n) is 5.77. The molecule has 8 heteroatoms. The van der Waals surface area contributed by atoms with Gasteiger partial charge >= 0.3 is 6.18 Å². The minimum Gasteiger partial charge on any atom is -0.253 e. The predicted octanol–water partition coefficient (Wildman–Crippen LogP) is 5.12. The van der Waals surface area contributed by atoms with E-state index in [2.05, 4.69) is 15.5 Å². The SMILES string of the molecule is CC/C(C)=N/Nc1nc2c(C(F)(F)F)cc(I)cc2s1. The van der Waals surface area contributed by atoms with E-state index in [9.17, 15) is 13.2 Å². The van der Waals surface area contributed by atoms with E-state index in [4.69, 9.17) is 0 Å². The van der Waals surface area contributed by atoms with Crippen molar-refractivity contribution in [3.8, 4) is 0 Å². The maximum absolute atomic E-state index is 13.0. The second kappa shape index (κ2) is 5.84. The average Bonchev–Trinajstić information content (AvgIpc) is 2.76. The summed E-state index contributed by atoms with van der Waals surface area (Å²) in [5.74, 6) is 0. The Morgan fingerprint density at radius 1 is 1.45 bits per heavy atom. The van der Waals surface area contributed by atoms with Crippen LogP contribution in [-0.2, 0) is 6.18 Å². The van der Waals surface area contributed by atoms with Gasteiger partial charge in [0.2, 0.25) is 5.13 Å². The van der Waals surface area contributed by atoms with Gasteiger partial charge in [-0.1, -0.05) is 18.3 Å². The van der Waals surface area contributed by atoms with Gasteiger partial charge in [0, 0.05) is 9.28 Å². The normalized spacial score (nSPS) is 13.0. The summed E-state index contributed by atoms with van der Waals surface area (Å²) in [6, 6.07) is 2.79. The van der Waals surface area contributed by atoms with Gasteiger partial charge in [-0.25, -0.2) is 4.98 Å². The maximum atomic E-state index is 13.0. The van der Waals surface area contributed by atoms with E-state index < -0.39 is 11.7 Å². The Morgan fingerprint density at radius 2 is 2.15 bits per heavy atom. The lowest BCUT2D eigenvalue weighted by molar-refractivity contribution is -0.136. The zero-order valence-corrected chi connectivity index (χ0v) is 13.7. The van der Waals surface area contributed by atoms with Gasteiger partial charge in [-0.3, -0.25) is 5.43 Å². The summed E-state index contributed by atoms with van der Waals surface area (Å²) >= 11 is 3.03. The predicted molar refractivity (Wildman–Crippen MR) is 84.4 cm³/mol. The summed E-state index contributed by atoms with van der Waals surface area (Å²) in [4.78, 5) is 4.00. The Labute approximate surface area is 131 Å². The number of anilines is 1. The molecule has 3 nitrogen and oxygen atoms in total. The Morgan fingerprint density at radius 3 is 2.75 bits per heavy atom. The van der Waals surface area contributed by atoms with Gasteiger partial charge in [0.1, 0.15) is 0 Å². The number of fused-ring (bicyclic) bond motifs is 1. The van der Waals surface area contributed by atoms with Crippen LogP contribution in [0.3, 0.4) is 0 Å². The molecule has 0 saturated carbocycles. The van der Waals surface area contributed by atoms with E-state index in [1.807, 2.05) is 36.4 Å². The molecule has 0 aliphatic rings. The van der Waals surface area contributed by atoms with Crippen LogP contribution in [0.4, 0.5) is 18.3 Å². The summed E-state index contributed by atoms with van der Waals surface area (Å²) < 4.78 is 40.0. The maximum Gasteiger partial charge on any atom is 0.418 e. The molecule has 0 spiro atoms. The molecule has 0 aliphatic carbocycles. The molecule has 1 aromatic carbocycles. The number of nitrogens with zero attached hydrogens (tertiary/aromatic N) is 2. The zero-order chi connectivity index (χ0) is 14.9. The lowest BCUT2D eigenvalue weighted by Gasteiger charge is -2.07. The molecular weight excluding hydrogens is 402 g/mol. The molecule has 2 rings (SSSR count). The van der Waals surface area contributed by atoms with Gasteiger partial charge in [-0.05, 0) is 48.1 Å². The second-order valence-corrected chi connectivity index (χ2v) is 6.41. The lowest BCUT2D eigenvalue weighted by Crippen LogP contribution is -2.06. The number of hydrazone groups is 1. The number of nitrogens with one attached hydrogen (secondary N) is 1. The van der Waals surface area contributed by atoms with E-state index >= 15 is 0 Å². The Hall–Kier alpha value is -0.900. The zero-order valence-electron chi connectivity index (χ0n) is 10.7. The second-order valence-electron chi connectivity index (χ2n) is 4.13. The smallest absolute Gasteiger partial charge is 0.253 e. The molecule has 1 N–H and O–H groups in total. The molecule has 0 amide bonds. The number of benzene rings is 1. The lowest BCUT2D eigenvalue weighted by atomic mass is 10.2. The molecule has 1 heterocycles. The Balaban J connectivity index is 2.48. The van der Waals surface area contributed by atoms with Gasteiger partial charge < -0.3 is 0 Å². The monoisotopic (exact) mass is 413 g/mol. The van der Waals surface area contributed by atoms with Crippen molar-refractivity contribution in [3.63, 3.8) is 0 Å². The van der Waals surface area contributed by atoms with Crippen molar-refractivity contribution < 1.29 is 13.2 Å². The molecule has 20 heavy (non-hydrogen) atoms. The van der Waals surface area contributed by atoms with Crippen LogP contribution in [0.25, 0.3) is 10.2 Å². The van der Waals surface area contributed by atoms with Crippen LogP contribution in [0.15, 0.2) is 17.2 Å². The first kappa shape index (κ1) is 15.5. The third-order valence-electron chi connectivity index (χ3n) is 2.62. The highest BCUT2D eigenvalue weighted by atomic mass is 127. The molecule has 1 aromatic heterocycles. The third-order valence-corrected chi connectivity index (χ3v) is 4.15. The number of rotatable bonds is 3. The summed E-state index contributed by atoms with van der Waals surface area (Å²) in [7, 11) is 0. The summed E-state index contributed by atoms with van der Waals surface area (Å²) in [6.07, 6.45) is -3.64. The van der Waals surface area contributed by atoms with Crippen LogP contribution in [0.2, 0.25) is 0 Å². The molecular formula is C12H11F3IN3S. The molecule has 0 radical (unpaired) electrons. The molecule has 0 unspecified atom stereocenters. The Kier molecular flexibility index (Phi) is 4.52.